The Hall–Kier alpha value is -2.67. The van der Waals surface area contributed by atoms with Gasteiger partial charge in [-0.1, -0.05) is 41.4 Å². The molecule has 28 heavy (non-hydrogen) atoms. The lowest BCUT2D eigenvalue weighted by Gasteiger charge is -2.14. The second-order valence-electron chi connectivity index (χ2n) is 6.41. The number of anilines is 2. The van der Waals surface area contributed by atoms with Crippen molar-refractivity contribution in [3.63, 3.8) is 0 Å². The number of nitrogens with zero attached hydrogens (tertiary/aromatic N) is 1. The molecule has 2 aromatic rings. The van der Waals surface area contributed by atoms with Gasteiger partial charge in [0, 0.05) is 28.0 Å². The van der Waals surface area contributed by atoms with Crippen molar-refractivity contribution < 1.29 is 9.59 Å². The van der Waals surface area contributed by atoms with Crippen molar-refractivity contribution in [2.45, 2.75) is 33.6 Å². The van der Waals surface area contributed by atoms with E-state index in [4.69, 9.17) is 0 Å². The zero-order valence-electron chi connectivity index (χ0n) is 16.3. The van der Waals surface area contributed by atoms with Crippen molar-refractivity contribution in [3.8, 4) is 0 Å². The lowest BCUT2D eigenvalue weighted by atomic mass is 10.1. The molecule has 0 aliphatic carbocycles. The van der Waals surface area contributed by atoms with Gasteiger partial charge in [-0.15, -0.1) is 0 Å². The first-order valence-electron chi connectivity index (χ1n) is 9.16. The lowest BCUT2D eigenvalue weighted by molar-refractivity contribution is -0.139. The molecule has 0 unspecified atom stereocenters. The molecular formula is C21H25BrN4O2. The maximum absolute atomic E-state index is 11.8. The molecule has 0 saturated heterocycles. The van der Waals surface area contributed by atoms with Gasteiger partial charge in [-0.3, -0.25) is 9.59 Å². The Morgan fingerprint density at radius 2 is 1.89 bits per heavy atom. The first-order valence-corrected chi connectivity index (χ1v) is 9.95. The highest BCUT2D eigenvalue weighted by atomic mass is 79.9. The zero-order chi connectivity index (χ0) is 20.5. The van der Waals surface area contributed by atoms with Crippen molar-refractivity contribution in [3.05, 3.63) is 57.6 Å². The molecule has 2 amide bonds. The first-order chi connectivity index (χ1) is 13.4. The molecule has 2 rings (SSSR count). The Kier molecular flexibility index (Phi) is 8.19. The number of benzene rings is 2. The fourth-order valence-electron chi connectivity index (χ4n) is 2.46. The standard InChI is InChI=1S/C21H25BrN4O2/c1-4-5-11-23-20(27)21(28)26-24-13-16-12-17(22)9-10-19(16)25-18-8-6-7-14(2)15(18)3/h6-10,12-13,25H,4-5,11H2,1-3H3,(H,23,27)(H,26,28)/b24-13-. The largest absolute Gasteiger partial charge is 0.355 e. The Balaban J connectivity index is 2.09. The minimum atomic E-state index is -0.786. The summed E-state index contributed by atoms with van der Waals surface area (Å²) in [5, 5.41) is 9.88. The highest BCUT2D eigenvalue weighted by Gasteiger charge is 2.11. The average molecular weight is 445 g/mol. The van der Waals surface area contributed by atoms with E-state index in [2.05, 4.69) is 57.0 Å². The van der Waals surface area contributed by atoms with Crippen LogP contribution in [0.15, 0.2) is 46.0 Å². The van der Waals surface area contributed by atoms with Crippen LogP contribution in [0.25, 0.3) is 0 Å². The SMILES string of the molecule is CCCCNC(=O)C(=O)N/N=C\c1cc(Br)ccc1Nc1cccc(C)c1C. The number of unbranched alkanes of at least 4 members (excludes halogenated alkanes) is 1. The van der Waals surface area contributed by atoms with Gasteiger partial charge in [-0.2, -0.15) is 5.10 Å². The van der Waals surface area contributed by atoms with Gasteiger partial charge in [0.15, 0.2) is 0 Å². The molecule has 0 aliphatic heterocycles. The van der Waals surface area contributed by atoms with Crippen LogP contribution in [0.1, 0.15) is 36.5 Å². The van der Waals surface area contributed by atoms with Crippen LogP contribution in [0, 0.1) is 13.8 Å². The normalized spacial score (nSPS) is 10.7. The smallest absolute Gasteiger partial charge is 0.329 e. The summed E-state index contributed by atoms with van der Waals surface area (Å²) in [5.74, 6) is -1.47. The maximum atomic E-state index is 11.8. The minimum Gasteiger partial charge on any atom is -0.355 e. The fraction of sp³-hybridized carbons (Fsp3) is 0.286. The minimum absolute atomic E-state index is 0.474. The molecule has 0 spiro atoms. The third-order valence-electron chi connectivity index (χ3n) is 4.28. The third-order valence-corrected chi connectivity index (χ3v) is 4.77. The molecule has 6 nitrogen and oxygen atoms in total. The number of hydrogen-bond acceptors (Lipinski definition) is 4. The van der Waals surface area contributed by atoms with Gasteiger partial charge in [-0.25, -0.2) is 5.43 Å². The van der Waals surface area contributed by atoms with Crippen LogP contribution < -0.4 is 16.1 Å². The quantitative estimate of drug-likeness (QED) is 0.259. The predicted molar refractivity (Wildman–Crippen MR) is 117 cm³/mol. The van der Waals surface area contributed by atoms with Gasteiger partial charge >= 0.3 is 11.8 Å². The van der Waals surface area contributed by atoms with E-state index in [1.807, 2.05) is 37.3 Å². The summed E-state index contributed by atoms with van der Waals surface area (Å²) in [5.41, 5.74) is 7.21. The number of nitrogens with one attached hydrogen (secondary N) is 3. The first kappa shape index (κ1) is 21.6. The van der Waals surface area contributed by atoms with Crippen LogP contribution in [0.2, 0.25) is 0 Å². The summed E-state index contributed by atoms with van der Waals surface area (Å²) in [4.78, 5) is 23.5. The van der Waals surface area contributed by atoms with Crippen LogP contribution >= 0.6 is 15.9 Å². The Morgan fingerprint density at radius 1 is 1.11 bits per heavy atom. The Labute approximate surface area is 173 Å². The Bertz CT molecular complexity index is 881. The molecule has 0 radical (unpaired) electrons. The third kappa shape index (κ3) is 6.20. The molecule has 0 saturated carbocycles. The van der Waals surface area contributed by atoms with Crippen LogP contribution in [0.4, 0.5) is 11.4 Å². The van der Waals surface area contributed by atoms with Gasteiger partial charge in [-0.05, 0) is 55.7 Å². The molecule has 3 N–H and O–H groups in total. The van der Waals surface area contributed by atoms with E-state index < -0.39 is 11.8 Å². The zero-order valence-corrected chi connectivity index (χ0v) is 17.9. The second kappa shape index (κ2) is 10.6. The summed E-state index contributed by atoms with van der Waals surface area (Å²) in [7, 11) is 0. The number of carbonyl (C=O) groups is 2. The van der Waals surface area contributed by atoms with Crippen LogP contribution in [0.3, 0.4) is 0 Å². The van der Waals surface area contributed by atoms with E-state index in [9.17, 15) is 9.59 Å². The number of halogens is 1. The van der Waals surface area contributed by atoms with E-state index in [0.29, 0.717) is 6.54 Å². The van der Waals surface area contributed by atoms with Crippen LogP contribution in [0.5, 0.6) is 0 Å². The summed E-state index contributed by atoms with van der Waals surface area (Å²) in [6.45, 7) is 6.60. The molecule has 0 heterocycles. The van der Waals surface area contributed by atoms with E-state index in [1.165, 1.54) is 11.8 Å². The van der Waals surface area contributed by atoms with Gasteiger partial charge in [0.05, 0.1) is 6.21 Å². The topological polar surface area (TPSA) is 82.6 Å². The van der Waals surface area contributed by atoms with Crippen molar-refractivity contribution in [2.75, 3.05) is 11.9 Å². The molecule has 7 heteroatoms. The second-order valence-corrected chi connectivity index (χ2v) is 7.33. The van der Waals surface area contributed by atoms with E-state index in [0.717, 1.165) is 39.8 Å². The maximum Gasteiger partial charge on any atom is 0.329 e. The van der Waals surface area contributed by atoms with Crippen molar-refractivity contribution in [2.24, 2.45) is 5.10 Å². The average Bonchev–Trinajstić information content (AvgIpc) is 2.67. The van der Waals surface area contributed by atoms with E-state index in [1.54, 1.807) is 0 Å². The molecule has 0 bridgehead atoms. The predicted octanol–water partition coefficient (Wildman–Crippen LogP) is 4.18. The Morgan fingerprint density at radius 3 is 2.64 bits per heavy atom. The van der Waals surface area contributed by atoms with Crippen molar-refractivity contribution in [1.82, 2.24) is 10.7 Å². The van der Waals surface area contributed by atoms with Gasteiger partial charge in [0.2, 0.25) is 0 Å². The lowest BCUT2D eigenvalue weighted by Crippen LogP contribution is -2.38. The van der Waals surface area contributed by atoms with Gasteiger partial charge in [0.25, 0.3) is 0 Å². The summed E-state index contributed by atoms with van der Waals surface area (Å²) >= 11 is 3.45. The monoisotopic (exact) mass is 444 g/mol. The highest BCUT2D eigenvalue weighted by molar-refractivity contribution is 9.10. The number of carbonyl (C=O) groups excluding carboxylic acids is 2. The molecule has 0 atom stereocenters. The molecule has 2 aromatic carbocycles. The van der Waals surface area contributed by atoms with Gasteiger partial charge in [0.1, 0.15) is 0 Å². The number of rotatable bonds is 7. The molecule has 0 aromatic heterocycles. The van der Waals surface area contributed by atoms with Crippen molar-refractivity contribution in [1.29, 1.82) is 0 Å². The van der Waals surface area contributed by atoms with E-state index >= 15 is 0 Å². The summed E-state index contributed by atoms with van der Waals surface area (Å²) in [6, 6.07) is 11.8. The summed E-state index contributed by atoms with van der Waals surface area (Å²) < 4.78 is 0.879. The number of hydrazone groups is 1. The number of hydrogen-bond donors (Lipinski definition) is 3. The molecule has 0 aliphatic rings. The molecule has 0 fully saturated rings. The fourth-order valence-corrected chi connectivity index (χ4v) is 2.83. The highest BCUT2D eigenvalue weighted by Crippen LogP contribution is 2.26. The molecular weight excluding hydrogens is 420 g/mol. The number of aryl methyl sites for hydroxylation is 1. The molecule has 148 valence electrons. The van der Waals surface area contributed by atoms with Crippen LogP contribution in [-0.2, 0) is 9.59 Å². The van der Waals surface area contributed by atoms with Gasteiger partial charge < -0.3 is 10.6 Å². The van der Waals surface area contributed by atoms with Crippen LogP contribution in [-0.4, -0.2) is 24.6 Å². The summed E-state index contributed by atoms with van der Waals surface area (Å²) in [6.07, 6.45) is 3.28. The van der Waals surface area contributed by atoms with E-state index in [-0.39, 0.29) is 0 Å². The number of amides is 2. The van der Waals surface area contributed by atoms with Crippen molar-refractivity contribution >= 4 is 45.3 Å².